The fourth-order valence-corrected chi connectivity index (χ4v) is 1.28. The van der Waals surface area contributed by atoms with Gasteiger partial charge in [0.25, 0.3) is 0 Å². The van der Waals surface area contributed by atoms with Crippen LogP contribution >= 0.6 is 0 Å². The van der Waals surface area contributed by atoms with Crippen molar-refractivity contribution in [1.29, 1.82) is 0 Å². The SMILES string of the molecule is NC(=O)C[C@H](NCC(O)COS(=O)(=O)O)C(=O)O. The molecule has 0 spiro atoms. The number of hydrogen-bond acceptors (Lipinski definition) is 7. The molecule has 0 bridgehead atoms. The summed E-state index contributed by atoms with van der Waals surface area (Å²) in [4.78, 5) is 21.2. The van der Waals surface area contributed by atoms with Crippen molar-refractivity contribution < 1.29 is 37.0 Å². The van der Waals surface area contributed by atoms with Gasteiger partial charge in [-0.1, -0.05) is 0 Å². The van der Waals surface area contributed by atoms with Crippen LogP contribution in [0, 0.1) is 0 Å². The second-order valence-electron chi connectivity index (χ2n) is 3.34. The molecule has 106 valence electrons. The lowest BCUT2D eigenvalue weighted by Gasteiger charge is -2.15. The topological polar surface area (TPSA) is 176 Å². The number of amides is 1. The van der Waals surface area contributed by atoms with Crippen LogP contribution in [0.25, 0.3) is 0 Å². The van der Waals surface area contributed by atoms with Gasteiger partial charge in [0.2, 0.25) is 5.91 Å². The van der Waals surface area contributed by atoms with E-state index in [1.54, 1.807) is 0 Å². The first-order chi connectivity index (χ1) is 8.11. The molecule has 10 nitrogen and oxygen atoms in total. The fraction of sp³-hybridized carbons (Fsp3) is 0.714. The highest BCUT2D eigenvalue weighted by atomic mass is 32.3. The number of rotatable bonds is 9. The number of nitrogens with two attached hydrogens (primary N) is 1. The van der Waals surface area contributed by atoms with Crippen molar-refractivity contribution in [2.75, 3.05) is 13.2 Å². The lowest BCUT2D eigenvalue weighted by Crippen LogP contribution is -2.44. The Morgan fingerprint density at radius 2 is 1.94 bits per heavy atom. The van der Waals surface area contributed by atoms with Crippen molar-refractivity contribution in [2.45, 2.75) is 18.6 Å². The van der Waals surface area contributed by atoms with E-state index in [1.807, 2.05) is 0 Å². The molecule has 6 N–H and O–H groups in total. The Morgan fingerprint density at radius 3 is 2.33 bits per heavy atom. The van der Waals surface area contributed by atoms with Gasteiger partial charge in [-0.2, -0.15) is 8.42 Å². The summed E-state index contributed by atoms with van der Waals surface area (Å²) >= 11 is 0. The number of carboxylic acids is 1. The van der Waals surface area contributed by atoms with Gasteiger partial charge in [-0.25, -0.2) is 4.18 Å². The number of primary amides is 1. The first-order valence-corrected chi connectivity index (χ1v) is 6.02. The third-order valence-corrected chi connectivity index (χ3v) is 2.15. The predicted molar refractivity (Wildman–Crippen MR) is 56.7 cm³/mol. The van der Waals surface area contributed by atoms with Gasteiger partial charge in [0.15, 0.2) is 0 Å². The summed E-state index contributed by atoms with van der Waals surface area (Å²) in [6.07, 6.45) is -1.87. The molecule has 11 heteroatoms. The van der Waals surface area contributed by atoms with Gasteiger partial charge in [0, 0.05) is 6.54 Å². The monoisotopic (exact) mass is 286 g/mol. The Hall–Kier alpha value is -1.27. The quantitative estimate of drug-likeness (QED) is 0.278. The van der Waals surface area contributed by atoms with Crippen LogP contribution in [0.15, 0.2) is 0 Å². The maximum absolute atomic E-state index is 10.6. The average molecular weight is 286 g/mol. The molecule has 2 atom stereocenters. The first-order valence-electron chi connectivity index (χ1n) is 4.66. The minimum absolute atomic E-state index is 0.361. The molecule has 0 rings (SSSR count). The van der Waals surface area contributed by atoms with Crippen molar-refractivity contribution in [1.82, 2.24) is 5.32 Å². The molecule has 18 heavy (non-hydrogen) atoms. The van der Waals surface area contributed by atoms with Crippen LogP contribution in [0.2, 0.25) is 0 Å². The van der Waals surface area contributed by atoms with Gasteiger partial charge in [-0.05, 0) is 0 Å². The molecular formula is C7H14N2O8S. The van der Waals surface area contributed by atoms with E-state index in [2.05, 4.69) is 9.50 Å². The van der Waals surface area contributed by atoms with E-state index in [-0.39, 0.29) is 6.54 Å². The van der Waals surface area contributed by atoms with Crippen LogP contribution in [0.1, 0.15) is 6.42 Å². The standard InChI is InChI=1S/C7H14N2O8S/c8-6(11)1-5(7(12)13)9-2-4(10)3-17-18(14,15)16/h4-5,9-10H,1-3H2,(H2,8,11)(H,12,13)(H,14,15,16)/t4?,5-/m0/s1. The molecule has 0 aliphatic carbocycles. The van der Waals surface area contributed by atoms with Crippen molar-refractivity contribution in [3.63, 3.8) is 0 Å². The summed E-state index contributed by atoms with van der Waals surface area (Å²) in [5.74, 6) is -2.20. The fourth-order valence-electron chi connectivity index (χ4n) is 0.950. The Morgan fingerprint density at radius 1 is 1.39 bits per heavy atom. The number of hydrogen-bond donors (Lipinski definition) is 5. The van der Waals surface area contributed by atoms with Gasteiger partial charge < -0.3 is 21.3 Å². The van der Waals surface area contributed by atoms with E-state index in [0.717, 1.165) is 0 Å². The molecule has 0 radical (unpaired) electrons. The molecular weight excluding hydrogens is 272 g/mol. The molecule has 0 aromatic carbocycles. The zero-order chi connectivity index (χ0) is 14.3. The van der Waals surface area contributed by atoms with Gasteiger partial charge in [0.05, 0.1) is 19.1 Å². The third-order valence-electron chi connectivity index (χ3n) is 1.71. The van der Waals surface area contributed by atoms with E-state index in [1.165, 1.54) is 0 Å². The zero-order valence-corrected chi connectivity index (χ0v) is 9.96. The van der Waals surface area contributed by atoms with Gasteiger partial charge in [-0.3, -0.25) is 14.1 Å². The van der Waals surface area contributed by atoms with Crippen molar-refractivity contribution in [3.8, 4) is 0 Å². The first kappa shape index (κ1) is 16.7. The van der Waals surface area contributed by atoms with E-state index >= 15 is 0 Å². The lowest BCUT2D eigenvalue weighted by molar-refractivity contribution is -0.141. The summed E-state index contributed by atoms with van der Waals surface area (Å²) in [5.41, 5.74) is 4.81. The minimum Gasteiger partial charge on any atom is -0.480 e. The predicted octanol–water partition coefficient (Wildman–Crippen LogP) is -2.92. The number of carbonyl (C=O) groups is 2. The maximum atomic E-state index is 10.6. The van der Waals surface area contributed by atoms with Gasteiger partial charge in [-0.15, -0.1) is 0 Å². The van der Waals surface area contributed by atoms with Gasteiger partial charge in [0.1, 0.15) is 6.04 Å². The van der Waals surface area contributed by atoms with E-state index < -0.39 is 47.4 Å². The number of aliphatic hydroxyl groups is 1. The highest BCUT2D eigenvalue weighted by Gasteiger charge is 2.21. The number of aliphatic hydroxyl groups excluding tert-OH is 1. The average Bonchev–Trinajstić information content (AvgIpc) is 2.19. The molecule has 0 heterocycles. The van der Waals surface area contributed by atoms with E-state index in [0.29, 0.717) is 0 Å². The molecule has 1 unspecified atom stereocenters. The number of nitrogens with one attached hydrogen (secondary N) is 1. The molecule has 0 aliphatic rings. The summed E-state index contributed by atoms with van der Waals surface area (Å²) in [7, 11) is -4.67. The van der Waals surface area contributed by atoms with Crippen LogP contribution < -0.4 is 11.1 Å². The summed E-state index contributed by atoms with van der Waals surface area (Å²) in [5, 5.41) is 20.2. The summed E-state index contributed by atoms with van der Waals surface area (Å²) < 4.78 is 32.4. The second-order valence-corrected chi connectivity index (χ2v) is 4.43. The van der Waals surface area contributed by atoms with Crippen LogP contribution in [0.5, 0.6) is 0 Å². The highest BCUT2D eigenvalue weighted by molar-refractivity contribution is 7.80. The van der Waals surface area contributed by atoms with Crippen LogP contribution in [-0.2, 0) is 24.2 Å². The highest BCUT2D eigenvalue weighted by Crippen LogP contribution is 1.94. The molecule has 0 aliphatic heterocycles. The molecule has 0 aromatic rings. The minimum atomic E-state index is -4.67. The summed E-state index contributed by atoms with van der Waals surface area (Å²) in [6.45, 7) is -1.12. The molecule has 0 fully saturated rings. The largest absolute Gasteiger partial charge is 0.480 e. The molecule has 0 saturated heterocycles. The second kappa shape index (κ2) is 7.23. The molecule has 1 amide bonds. The number of carbonyl (C=O) groups excluding carboxylic acids is 1. The third kappa shape index (κ3) is 8.83. The van der Waals surface area contributed by atoms with E-state index in [4.69, 9.17) is 15.4 Å². The lowest BCUT2D eigenvalue weighted by atomic mass is 10.2. The Bertz CT molecular complexity index is 394. The summed E-state index contributed by atoms with van der Waals surface area (Å²) in [6, 6.07) is -1.30. The molecule has 0 aromatic heterocycles. The zero-order valence-electron chi connectivity index (χ0n) is 9.14. The Kier molecular flexibility index (Phi) is 6.72. The number of carboxylic acid groups (broad SMARTS) is 1. The van der Waals surface area contributed by atoms with Crippen molar-refractivity contribution in [3.05, 3.63) is 0 Å². The number of aliphatic carboxylic acids is 1. The normalized spacial score (nSPS) is 15.0. The van der Waals surface area contributed by atoms with Crippen molar-refractivity contribution in [2.24, 2.45) is 5.73 Å². The smallest absolute Gasteiger partial charge is 0.397 e. The van der Waals surface area contributed by atoms with Gasteiger partial charge >= 0.3 is 16.4 Å². The Labute approximate surface area is 103 Å². The van der Waals surface area contributed by atoms with Crippen molar-refractivity contribution >= 4 is 22.3 Å². The van der Waals surface area contributed by atoms with Crippen LogP contribution in [0.4, 0.5) is 0 Å². The maximum Gasteiger partial charge on any atom is 0.397 e. The molecule has 0 saturated carbocycles. The van der Waals surface area contributed by atoms with Crippen LogP contribution in [0.3, 0.4) is 0 Å². The Balaban J connectivity index is 4.11. The van der Waals surface area contributed by atoms with Crippen LogP contribution in [-0.4, -0.2) is 60.4 Å². The van der Waals surface area contributed by atoms with E-state index in [9.17, 15) is 23.1 Å².